The molecule has 0 spiro atoms. The molecular weight excluding hydrogens is 222 g/mol. The number of carbonyl (C=O) groups is 1. The van der Waals surface area contributed by atoms with Crippen molar-refractivity contribution < 1.29 is 19.4 Å². The van der Waals surface area contributed by atoms with E-state index in [0.29, 0.717) is 31.3 Å². The molecule has 5 nitrogen and oxygen atoms in total. The number of nitrogens with zero attached hydrogens (tertiary/aromatic N) is 1. The van der Waals surface area contributed by atoms with E-state index < -0.39 is 6.09 Å². The molecule has 1 N–H and O–H groups in total. The lowest BCUT2D eigenvalue weighted by atomic mass is 10.2. The fourth-order valence-electron chi connectivity index (χ4n) is 1.70. The molecule has 0 atom stereocenters. The van der Waals surface area contributed by atoms with Crippen LogP contribution in [-0.4, -0.2) is 36.4 Å². The number of carboxylic acid groups (broad SMARTS) is 1. The molecule has 0 bridgehead atoms. The van der Waals surface area contributed by atoms with Crippen LogP contribution in [0.3, 0.4) is 0 Å². The Bertz CT molecular complexity index is 419. The second-order valence-electron chi connectivity index (χ2n) is 3.93. The van der Waals surface area contributed by atoms with Crippen molar-refractivity contribution in [3.8, 4) is 11.5 Å². The van der Waals surface area contributed by atoms with Gasteiger partial charge in [-0.05, 0) is 6.07 Å². The van der Waals surface area contributed by atoms with Crippen LogP contribution >= 0.6 is 0 Å². The third-order valence-corrected chi connectivity index (χ3v) is 2.59. The summed E-state index contributed by atoms with van der Waals surface area (Å²) in [6, 6.07) is 5.54. The first-order valence-corrected chi connectivity index (χ1v) is 5.50. The van der Waals surface area contributed by atoms with Crippen LogP contribution in [0.25, 0.3) is 0 Å². The maximum atomic E-state index is 10.8. The molecule has 0 fully saturated rings. The van der Waals surface area contributed by atoms with Gasteiger partial charge in [0.05, 0.1) is 19.8 Å². The van der Waals surface area contributed by atoms with Gasteiger partial charge in [-0.15, -0.1) is 0 Å². The molecule has 0 saturated heterocycles. The summed E-state index contributed by atoms with van der Waals surface area (Å²) in [5, 5.41) is 8.86. The van der Waals surface area contributed by atoms with E-state index >= 15 is 0 Å². The largest absolute Gasteiger partial charge is 0.490 e. The van der Waals surface area contributed by atoms with Crippen LogP contribution < -0.4 is 9.47 Å². The Morgan fingerprint density at radius 1 is 1.41 bits per heavy atom. The second kappa shape index (κ2) is 4.95. The summed E-state index contributed by atoms with van der Waals surface area (Å²) >= 11 is 0. The summed E-state index contributed by atoms with van der Waals surface area (Å²) in [6.07, 6.45) is -0.125. The predicted octanol–water partition coefficient (Wildman–Crippen LogP) is 1.96. The maximum absolute atomic E-state index is 10.8. The van der Waals surface area contributed by atoms with Gasteiger partial charge in [0.25, 0.3) is 0 Å². The number of rotatable bonds is 2. The molecular formula is C12H15NO4. The van der Waals surface area contributed by atoms with Gasteiger partial charge in [0.15, 0.2) is 11.5 Å². The van der Waals surface area contributed by atoms with Crippen molar-refractivity contribution in [1.82, 2.24) is 4.90 Å². The smallest absolute Gasteiger partial charge is 0.407 e. The van der Waals surface area contributed by atoms with Gasteiger partial charge in [-0.2, -0.15) is 0 Å². The third-order valence-electron chi connectivity index (χ3n) is 2.59. The molecule has 2 rings (SSSR count). The minimum absolute atomic E-state index is 0.294. The first-order chi connectivity index (χ1) is 8.18. The van der Waals surface area contributed by atoms with Crippen molar-refractivity contribution in [1.29, 1.82) is 0 Å². The highest BCUT2D eigenvalue weighted by Gasteiger charge is 2.16. The number of ether oxygens (including phenoxy) is 2. The van der Waals surface area contributed by atoms with Crippen LogP contribution in [0.1, 0.15) is 12.0 Å². The fourth-order valence-corrected chi connectivity index (χ4v) is 1.70. The summed E-state index contributed by atoms with van der Waals surface area (Å²) in [5.74, 6) is 1.36. The van der Waals surface area contributed by atoms with Crippen molar-refractivity contribution in [2.24, 2.45) is 0 Å². The highest BCUT2D eigenvalue weighted by molar-refractivity contribution is 5.65. The zero-order chi connectivity index (χ0) is 12.3. The van der Waals surface area contributed by atoms with Gasteiger partial charge in [-0.1, -0.05) is 12.1 Å². The zero-order valence-corrected chi connectivity index (χ0v) is 9.68. The van der Waals surface area contributed by atoms with Gasteiger partial charge < -0.3 is 19.5 Å². The van der Waals surface area contributed by atoms with Crippen LogP contribution in [0.15, 0.2) is 18.2 Å². The molecule has 1 aliphatic heterocycles. The van der Waals surface area contributed by atoms with Crippen molar-refractivity contribution in [2.75, 3.05) is 20.3 Å². The van der Waals surface area contributed by atoms with Gasteiger partial charge in [-0.25, -0.2) is 4.79 Å². The average molecular weight is 237 g/mol. The molecule has 0 saturated carbocycles. The summed E-state index contributed by atoms with van der Waals surface area (Å²) < 4.78 is 11.2. The highest BCUT2D eigenvalue weighted by Crippen LogP contribution is 2.33. The van der Waals surface area contributed by atoms with E-state index in [-0.39, 0.29) is 0 Å². The Labute approximate surface area is 99.6 Å². The van der Waals surface area contributed by atoms with Crippen molar-refractivity contribution in [3.63, 3.8) is 0 Å². The second-order valence-corrected chi connectivity index (χ2v) is 3.93. The van der Waals surface area contributed by atoms with E-state index in [9.17, 15) is 4.79 Å². The summed E-state index contributed by atoms with van der Waals surface area (Å²) in [4.78, 5) is 12.0. The van der Waals surface area contributed by atoms with Gasteiger partial charge in [0.2, 0.25) is 0 Å². The predicted molar refractivity (Wildman–Crippen MR) is 61.5 cm³/mol. The molecule has 1 heterocycles. The van der Waals surface area contributed by atoms with Crippen molar-refractivity contribution in [2.45, 2.75) is 13.0 Å². The molecule has 1 aromatic carbocycles. The van der Waals surface area contributed by atoms with Crippen LogP contribution in [0, 0.1) is 0 Å². The molecule has 1 aliphatic rings. The molecule has 17 heavy (non-hydrogen) atoms. The summed E-state index contributed by atoms with van der Waals surface area (Å²) in [7, 11) is 1.53. The van der Waals surface area contributed by atoms with Crippen molar-refractivity contribution >= 4 is 6.09 Å². The molecule has 0 unspecified atom stereocenters. The van der Waals surface area contributed by atoms with E-state index in [2.05, 4.69) is 0 Å². The first-order valence-electron chi connectivity index (χ1n) is 5.50. The van der Waals surface area contributed by atoms with Crippen molar-refractivity contribution in [3.05, 3.63) is 23.8 Å². The number of fused-ring (bicyclic) bond motifs is 1. The summed E-state index contributed by atoms with van der Waals surface area (Å²) in [5.41, 5.74) is 0.828. The highest BCUT2D eigenvalue weighted by atomic mass is 16.5. The number of hydrogen-bond acceptors (Lipinski definition) is 3. The van der Waals surface area contributed by atoms with Crippen LogP contribution in [0.4, 0.5) is 4.79 Å². The van der Waals surface area contributed by atoms with E-state index in [0.717, 1.165) is 12.0 Å². The van der Waals surface area contributed by atoms with E-state index in [1.165, 1.54) is 11.9 Å². The topological polar surface area (TPSA) is 59.0 Å². The number of hydrogen-bond donors (Lipinski definition) is 1. The Hall–Kier alpha value is -1.91. The van der Waals surface area contributed by atoms with Gasteiger partial charge in [-0.3, -0.25) is 0 Å². The van der Waals surface area contributed by atoms with E-state index in [1.54, 1.807) is 0 Å². The zero-order valence-electron chi connectivity index (χ0n) is 9.68. The molecule has 0 aromatic heterocycles. The average Bonchev–Trinajstić information content (AvgIpc) is 2.54. The monoisotopic (exact) mass is 237 g/mol. The Morgan fingerprint density at radius 3 is 2.94 bits per heavy atom. The molecule has 92 valence electrons. The SMILES string of the molecule is CN(Cc1cccc2c1OCCCO2)C(=O)O. The van der Waals surface area contributed by atoms with Gasteiger partial charge >= 0.3 is 6.09 Å². The van der Waals surface area contributed by atoms with Crippen LogP contribution in [0.2, 0.25) is 0 Å². The minimum atomic E-state index is -0.961. The molecule has 1 amide bonds. The number of amides is 1. The lowest BCUT2D eigenvalue weighted by molar-refractivity contribution is 0.153. The maximum Gasteiger partial charge on any atom is 0.407 e. The molecule has 5 heteroatoms. The number of para-hydroxylation sites is 1. The van der Waals surface area contributed by atoms with Crippen LogP contribution in [-0.2, 0) is 6.54 Å². The van der Waals surface area contributed by atoms with E-state index in [1.807, 2.05) is 18.2 Å². The van der Waals surface area contributed by atoms with Gasteiger partial charge in [0, 0.05) is 19.0 Å². The standard InChI is InChI=1S/C12H15NO4/c1-13(12(14)15)8-9-4-2-5-10-11(9)17-7-3-6-16-10/h2,4-5H,3,6-8H2,1H3,(H,14,15). The summed E-state index contributed by atoms with van der Waals surface area (Å²) in [6.45, 7) is 1.52. The fraction of sp³-hybridized carbons (Fsp3) is 0.417. The lowest BCUT2D eigenvalue weighted by Gasteiger charge is -2.17. The van der Waals surface area contributed by atoms with Gasteiger partial charge in [0.1, 0.15) is 0 Å². The minimum Gasteiger partial charge on any atom is -0.490 e. The first kappa shape index (κ1) is 11.6. The Morgan fingerprint density at radius 2 is 2.18 bits per heavy atom. The Balaban J connectivity index is 2.25. The third kappa shape index (κ3) is 2.61. The normalized spacial score (nSPS) is 13.9. The lowest BCUT2D eigenvalue weighted by Crippen LogP contribution is -2.24. The molecule has 0 radical (unpaired) electrons. The molecule has 1 aromatic rings. The Kier molecular flexibility index (Phi) is 3.37. The number of benzene rings is 1. The molecule has 0 aliphatic carbocycles. The van der Waals surface area contributed by atoms with Crippen LogP contribution in [0.5, 0.6) is 11.5 Å². The van der Waals surface area contributed by atoms with E-state index in [4.69, 9.17) is 14.6 Å². The quantitative estimate of drug-likeness (QED) is 0.854.